The molecular weight excluding hydrogens is 204 g/mol. The Hall–Kier alpha value is -1.35. The normalized spacial score (nSPS) is 10.9. The van der Waals surface area contributed by atoms with E-state index in [2.05, 4.69) is 6.58 Å². The van der Waals surface area contributed by atoms with E-state index in [9.17, 15) is 4.79 Å². The molecule has 0 fully saturated rings. The first-order chi connectivity index (χ1) is 7.13. The van der Waals surface area contributed by atoms with Gasteiger partial charge in [0, 0.05) is 5.92 Å². The minimum absolute atomic E-state index is 0.0416. The van der Waals surface area contributed by atoms with Gasteiger partial charge in [0.05, 0.1) is 0 Å². The number of carbonyl (C=O) groups is 1. The van der Waals surface area contributed by atoms with Crippen molar-refractivity contribution in [3.63, 3.8) is 0 Å². The third kappa shape index (κ3) is 3.71. The van der Waals surface area contributed by atoms with Crippen LogP contribution in [0.4, 0.5) is 0 Å². The van der Waals surface area contributed by atoms with E-state index in [4.69, 9.17) is 4.43 Å². The van der Waals surface area contributed by atoms with Gasteiger partial charge in [-0.2, -0.15) is 0 Å². The Bertz CT molecular complexity index is 358. The molecule has 0 atom stereocenters. The van der Waals surface area contributed by atoms with Crippen LogP contribution in [0.15, 0.2) is 30.8 Å². The molecule has 2 nitrogen and oxygen atoms in total. The lowest BCUT2D eigenvalue weighted by Crippen LogP contribution is -2.23. The molecule has 0 aliphatic rings. The molecule has 0 unspecified atom stereocenters. The average Bonchev–Trinajstić information content (AvgIpc) is 2.26. The Balaban J connectivity index is 2.57. The first-order valence-electron chi connectivity index (χ1n) is 5.01. The van der Waals surface area contributed by atoms with Crippen LogP contribution in [0.2, 0.25) is 0 Å². The van der Waals surface area contributed by atoms with Crippen molar-refractivity contribution < 1.29 is 9.22 Å². The van der Waals surface area contributed by atoms with Crippen molar-refractivity contribution in [1.29, 1.82) is 0 Å². The zero-order chi connectivity index (χ0) is 11.3. The van der Waals surface area contributed by atoms with E-state index in [1.807, 2.05) is 38.1 Å². The Morgan fingerprint density at radius 2 is 2.27 bits per heavy atom. The summed E-state index contributed by atoms with van der Waals surface area (Å²) in [6.45, 7) is 7.39. The monoisotopic (exact) mass is 220 g/mol. The standard InChI is InChI=1S/C12H16O2Si/c1-4-10-6-5-7-11(8-10)15-14-12(13)9(2)3/h4-9H,1,15H2,2-3H3. The van der Waals surface area contributed by atoms with Crippen molar-refractivity contribution in [3.8, 4) is 0 Å². The molecule has 0 N–H and O–H groups in total. The summed E-state index contributed by atoms with van der Waals surface area (Å²) in [5.41, 5.74) is 1.07. The maximum absolute atomic E-state index is 11.3. The summed E-state index contributed by atoms with van der Waals surface area (Å²) in [7, 11) is -0.930. The van der Waals surface area contributed by atoms with Crippen LogP contribution in [0.5, 0.6) is 0 Å². The second-order valence-corrected chi connectivity index (χ2v) is 5.11. The zero-order valence-electron chi connectivity index (χ0n) is 9.19. The van der Waals surface area contributed by atoms with Crippen LogP contribution in [0.25, 0.3) is 6.08 Å². The second kappa shape index (κ2) is 5.51. The molecule has 15 heavy (non-hydrogen) atoms. The number of hydrogen-bond donors (Lipinski definition) is 0. The quantitative estimate of drug-likeness (QED) is 0.714. The zero-order valence-corrected chi connectivity index (χ0v) is 10.6. The predicted molar refractivity (Wildman–Crippen MR) is 65.6 cm³/mol. The fourth-order valence-corrected chi connectivity index (χ4v) is 2.32. The van der Waals surface area contributed by atoms with Gasteiger partial charge in [-0.15, -0.1) is 0 Å². The van der Waals surface area contributed by atoms with E-state index < -0.39 is 9.76 Å². The molecule has 1 aromatic carbocycles. The van der Waals surface area contributed by atoms with Gasteiger partial charge in [0.15, 0.2) is 0 Å². The summed E-state index contributed by atoms with van der Waals surface area (Å²) >= 11 is 0. The molecule has 0 aromatic heterocycles. The summed E-state index contributed by atoms with van der Waals surface area (Å²) in [5, 5.41) is 1.13. The fourth-order valence-electron chi connectivity index (χ4n) is 1.13. The lowest BCUT2D eigenvalue weighted by molar-refractivity contribution is -0.137. The molecule has 0 aliphatic carbocycles. The van der Waals surface area contributed by atoms with Crippen LogP contribution in [0.3, 0.4) is 0 Å². The highest BCUT2D eigenvalue weighted by molar-refractivity contribution is 6.48. The molecule has 0 radical (unpaired) electrons. The highest BCUT2D eigenvalue weighted by Crippen LogP contribution is 1.98. The van der Waals surface area contributed by atoms with Gasteiger partial charge in [-0.1, -0.05) is 50.8 Å². The molecule has 0 saturated carbocycles. The van der Waals surface area contributed by atoms with Gasteiger partial charge in [-0.25, -0.2) is 0 Å². The molecule has 0 amide bonds. The van der Waals surface area contributed by atoms with Gasteiger partial charge in [-0.05, 0) is 10.8 Å². The highest BCUT2D eigenvalue weighted by Gasteiger charge is 2.08. The summed E-state index contributed by atoms with van der Waals surface area (Å²) in [6.07, 6.45) is 1.79. The van der Waals surface area contributed by atoms with Gasteiger partial charge in [0.1, 0.15) is 0 Å². The molecule has 0 spiro atoms. The molecule has 0 heterocycles. The van der Waals surface area contributed by atoms with E-state index in [1.54, 1.807) is 6.08 Å². The van der Waals surface area contributed by atoms with Crippen molar-refractivity contribution in [3.05, 3.63) is 36.4 Å². The summed E-state index contributed by atoms with van der Waals surface area (Å²) < 4.78 is 5.25. The molecule has 80 valence electrons. The molecular formula is C12H16O2Si. The van der Waals surface area contributed by atoms with Crippen LogP contribution in [-0.2, 0) is 9.22 Å². The third-order valence-corrected chi connectivity index (χ3v) is 3.24. The average molecular weight is 220 g/mol. The molecule has 0 bridgehead atoms. The summed E-state index contributed by atoms with van der Waals surface area (Å²) in [5.74, 6) is -0.147. The number of hydrogen-bond acceptors (Lipinski definition) is 2. The van der Waals surface area contributed by atoms with Crippen LogP contribution in [0, 0.1) is 5.92 Å². The Kier molecular flexibility index (Phi) is 4.30. The molecule has 0 saturated heterocycles. The third-order valence-electron chi connectivity index (χ3n) is 2.04. The van der Waals surface area contributed by atoms with Gasteiger partial charge in [0.25, 0.3) is 15.7 Å². The maximum Gasteiger partial charge on any atom is 0.294 e. The lowest BCUT2D eigenvalue weighted by atomic mass is 10.2. The van der Waals surface area contributed by atoms with Crippen molar-refractivity contribution in [2.45, 2.75) is 13.8 Å². The van der Waals surface area contributed by atoms with Crippen LogP contribution < -0.4 is 5.19 Å². The van der Waals surface area contributed by atoms with Crippen molar-refractivity contribution in [2.24, 2.45) is 5.92 Å². The largest absolute Gasteiger partial charge is 0.520 e. The van der Waals surface area contributed by atoms with Gasteiger partial charge in [-0.3, -0.25) is 4.79 Å². The summed E-state index contributed by atoms with van der Waals surface area (Å²) in [6, 6.07) is 7.96. The van der Waals surface area contributed by atoms with Gasteiger partial charge >= 0.3 is 0 Å². The van der Waals surface area contributed by atoms with Crippen LogP contribution in [0.1, 0.15) is 19.4 Å². The Morgan fingerprint density at radius 1 is 1.53 bits per heavy atom. The minimum atomic E-state index is -0.930. The summed E-state index contributed by atoms with van der Waals surface area (Å²) in [4.78, 5) is 11.3. The van der Waals surface area contributed by atoms with E-state index in [-0.39, 0.29) is 11.9 Å². The van der Waals surface area contributed by atoms with E-state index in [1.165, 1.54) is 0 Å². The van der Waals surface area contributed by atoms with Gasteiger partial charge < -0.3 is 4.43 Å². The number of carbonyl (C=O) groups excluding carboxylic acids is 1. The molecule has 1 aromatic rings. The van der Waals surface area contributed by atoms with Crippen LogP contribution >= 0.6 is 0 Å². The molecule has 1 rings (SSSR count). The maximum atomic E-state index is 11.3. The van der Waals surface area contributed by atoms with E-state index >= 15 is 0 Å². The Labute approximate surface area is 92.9 Å². The topological polar surface area (TPSA) is 26.3 Å². The highest BCUT2D eigenvalue weighted by atomic mass is 28.2. The van der Waals surface area contributed by atoms with Gasteiger partial charge in [0.2, 0.25) is 0 Å². The van der Waals surface area contributed by atoms with E-state index in [0.29, 0.717) is 0 Å². The second-order valence-electron chi connectivity index (χ2n) is 3.71. The fraction of sp³-hybridized carbons (Fsp3) is 0.250. The van der Waals surface area contributed by atoms with Crippen molar-refractivity contribution in [1.82, 2.24) is 0 Å². The van der Waals surface area contributed by atoms with Crippen molar-refractivity contribution in [2.75, 3.05) is 0 Å². The van der Waals surface area contributed by atoms with E-state index in [0.717, 1.165) is 10.8 Å². The molecule has 0 aliphatic heterocycles. The molecule has 3 heteroatoms. The minimum Gasteiger partial charge on any atom is -0.520 e. The van der Waals surface area contributed by atoms with Crippen molar-refractivity contribution >= 4 is 27.0 Å². The first kappa shape index (κ1) is 11.7. The number of rotatable bonds is 4. The predicted octanol–water partition coefficient (Wildman–Crippen LogP) is 1.24. The van der Waals surface area contributed by atoms with Crippen LogP contribution in [-0.4, -0.2) is 15.7 Å². The smallest absolute Gasteiger partial charge is 0.294 e. The first-order valence-corrected chi connectivity index (χ1v) is 6.30. The lowest BCUT2D eigenvalue weighted by Gasteiger charge is -2.07. The SMILES string of the molecule is C=Cc1cccc([SiH2]OC(=O)C(C)C)c1. The Morgan fingerprint density at radius 3 is 2.87 bits per heavy atom. The number of benzene rings is 1.